The van der Waals surface area contributed by atoms with Crippen LogP contribution in [0, 0.1) is 0 Å². The van der Waals surface area contributed by atoms with Crippen molar-refractivity contribution in [3.05, 3.63) is 27.8 Å². The van der Waals surface area contributed by atoms with Gasteiger partial charge in [0, 0.05) is 21.6 Å². The summed E-state index contributed by atoms with van der Waals surface area (Å²) in [6.45, 7) is -0.527. The van der Waals surface area contributed by atoms with Gasteiger partial charge in [-0.25, -0.2) is 0 Å². The summed E-state index contributed by atoms with van der Waals surface area (Å²) in [6, 6.07) is 3.33. The molecule has 0 saturated carbocycles. The van der Waals surface area contributed by atoms with Crippen molar-refractivity contribution >= 4 is 38.4 Å². The standard InChI is InChI=1S/C14H15BrClNO6/c15-5-3-17-6-1-2-7(10(16)9(5)6)22-14-13(21)12(20)11(19)8(4-18)23-14/h1-3,8,11-14,17-21H,4H2/t8-,11+,12+,13-,14-/m1/s1. The van der Waals surface area contributed by atoms with Crippen LogP contribution in [0.3, 0.4) is 0 Å². The number of rotatable bonds is 3. The lowest BCUT2D eigenvalue weighted by atomic mass is 9.99. The van der Waals surface area contributed by atoms with Crippen LogP contribution in [0.2, 0.25) is 5.02 Å². The highest BCUT2D eigenvalue weighted by atomic mass is 79.9. The number of aromatic nitrogens is 1. The van der Waals surface area contributed by atoms with Crippen LogP contribution in [-0.2, 0) is 4.74 Å². The fraction of sp³-hybridized carbons (Fsp3) is 0.429. The number of aliphatic hydroxyl groups is 4. The van der Waals surface area contributed by atoms with Crippen molar-refractivity contribution in [3.63, 3.8) is 0 Å². The van der Waals surface area contributed by atoms with Gasteiger partial charge in [-0.1, -0.05) is 11.6 Å². The molecule has 2 aromatic rings. The normalized spacial score (nSPS) is 31.5. The van der Waals surface area contributed by atoms with E-state index in [4.69, 9.17) is 21.1 Å². The summed E-state index contributed by atoms with van der Waals surface area (Å²) in [5.41, 5.74) is 0.794. The summed E-state index contributed by atoms with van der Waals surface area (Å²) >= 11 is 9.69. The van der Waals surface area contributed by atoms with E-state index in [0.29, 0.717) is 10.4 Å². The van der Waals surface area contributed by atoms with Crippen molar-refractivity contribution in [2.75, 3.05) is 6.61 Å². The molecule has 5 atom stereocenters. The maximum Gasteiger partial charge on any atom is 0.229 e. The number of nitrogens with one attached hydrogen (secondary N) is 1. The summed E-state index contributed by atoms with van der Waals surface area (Å²) < 4.78 is 11.6. The smallest absolute Gasteiger partial charge is 0.229 e. The zero-order valence-electron chi connectivity index (χ0n) is 11.7. The Morgan fingerprint density at radius 2 is 1.96 bits per heavy atom. The number of benzene rings is 1. The first-order valence-corrected chi connectivity index (χ1v) is 8.03. The number of aromatic amines is 1. The minimum absolute atomic E-state index is 0.240. The maximum atomic E-state index is 10.0. The highest BCUT2D eigenvalue weighted by Gasteiger charge is 2.44. The number of halogens is 2. The van der Waals surface area contributed by atoms with Gasteiger partial charge in [-0.2, -0.15) is 0 Å². The SMILES string of the molecule is OC[C@H]1O[C@@H](Oc2ccc3[nH]cc(Br)c3c2Cl)[C@H](O)[C@@H](O)[C@H]1O. The molecule has 0 aliphatic carbocycles. The molecule has 126 valence electrons. The lowest BCUT2D eigenvalue weighted by molar-refractivity contribution is -0.277. The second kappa shape index (κ2) is 6.56. The molecule has 1 aromatic heterocycles. The molecule has 1 saturated heterocycles. The first kappa shape index (κ1) is 17.0. The van der Waals surface area contributed by atoms with E-state index in [9.17, 15) is 20.4 Å². The quantitative estimate of drug-likeness (QED) is 0.512. The van der Waals surface area contributed by atoms with Crippen molar-refractivity contribution in [1.82, 2.24) is 4.98 Å². The minimum Gasteiger partial charge on any atom is -0.460 e. The van der Waals surface area contributed by atoms with E-state index in [1.807, 2.05) is 0 Å². The molecular formula is C14H15BrClNO6. The van der Waals surface area contributed by atoms with Gasteiger partial charge in [0.1, 0.15) is 30.2 Å². The molecule has 0 amide bonds. The fourth-order valence-electron chi connectivity index (χ4n) is 2.50. The molecule has 1 fully saturated rings. The average Bonchev–Trinajstić information content (AvgIpc) is 2.92. The fourth-order valence-corrected chi connectivity index (χ4v) is 3.46. The Kier molecular flexibility index (Phi) is 4.84. The molecule has 1 aliphatic heterocycles. The molecular weight excluding hydrogens is 394 g/mol. The van der Waals surface area contributed by atoms with Crippen LogP contribution in [0.15, 0.2) is 22.8 Å². The number of ether oxygens (including phenoxy) is 2. The summed E-state index contributed by atoms with van der Waals surface area (Å²) in [5, 5.41) is 39.7. The van der Waals surface area contributed by atoms with Crippen LogP contribution >= 0.6 is 27.5 Å². The van der Waals surface area contributed by atoms with E-state index in [-0.39, 0.29) is 5.75 Å². The highest BCUT2D eigenvalue weighted by molar-refractivity contribution is 9.10. The molecule has 3 rings (SSSR count). The molecule has 0 spiro atoms. The van der Waals surface area contributed by atoms with Gasteiger partial charge in [0.2, 0.25) is 6.29 Å². The highest BCUT2D eigenvalue weighted by Crippen LogP contribution is 2.38. The van der Waals surface area contributed by atoms with Crippen LogP contribution in [-0.4, -0.2) is 62.7 Å². The monoisotopic (exact) mass is 407 g/mol. The largest absolute Gasteiger partial charge is 0.460 e. The van der Waals surface area contributed by atoms with Gasteiger partial charge < -0.3 is 34.9 Å². The topological polar surface area (TPSA) is 115 Å². The molecule has 0 unspecified atom stereocenters. The van der Waals surface area contributed by atoms with Crippen LogP contribution in [0.1, 0.15) is 0 Å². The number of hydrogen-bond acceptors (Lipinski definition) is 6. The second-order valence-corrected chi connectivity index (χ2v) is 6.48. The number of hydrogen-bond donors (Lipinski definition) is 5. The van der Waals surface area contributed by atoms with Crippen molar-refractivity contribution in [1.29, 1.82) is 0 Å². The summed E-state index contributed by atoms with van der Waals surface area (Å²) in [6.07, 6.45) is -5.03. The van der Waals surface area contributed by atoms with Crippen molar-refractivity contribution < 1.29 is 29.9 Å². The Morgan fingerprint density at radius 1 is 1.22 bits per heavy atom. The lowest BCUT2D eigenvalue weighted by Gasteiger charge is -2.39. The zero-order valence-corrected chi connectivity index (χ0v) is 14.0. The number of H-pyrrole nitrogens is 1. The molecule has 7 nitrogen and oxygen atoms in total. The second-order valence-electron chi connectivity index (χ2n) is 5.25. The minimum atomic E-state index is -1.51. The summed E-state index contributed by atoms with van der Waals surface area (Å²) in [7, 11) is 0. The van der Waals surface area contributed by atoms with Crippen LogP contribution < -0.4 is 4.74 Å². The number of fused-ring (bicyclic) bond motifs is 1. The third-order valence-electron chi connectivity index (χ3n) is 3.79. The first-order valence-electron chi connectivity index (χ1n) is 6.86. The van der Waals surface area contributed by atoms with E-state index in [1.54, 1.807) is 18.3 Å². The maximum absolute atomic E-state index is 10.0. The molecule has 1 aromatic carbocycles. The third-order valence-corrected chi connectivity index (χ3v) is 4.79. The average molecular weight is 409 g/mol. The Morgan fingerprint density at radius 3 is 2.65 bits per heavy atom. The molecule has 9 heteroatoms. The molecule has 5 N–H and O–H groups in total. The van der Waals surface area contributed by atoms with E-state index in [2.05, 4.69) is 20.9 Å². The third kappa shape index (κ3) is 2.96. The van der Waals surface area contributed by atoms with Gasteiger partial charge in [-0.15, -0.1) is 0 Å². The predicted molar refractivity (Wildman–Crippen MR) is 85.4 cm³/mol. The first-order chi connectivity index (χ1) is 10.9. The van der Waals surface area contributed by atoms with Gasteiger partial charge in [0.05, 0.1) is 11.6 Å². The molecule has 0 radical (unpaired) electrons. The Hall–Kier alpha value is -0.870. The van der Waals surface area contributed by atoms with Crippen LogP contribution in [0.4, 0.5) is 0 Å². The van der Waals surface area contributed by atoms with Crippen LogP contribution in [0.25, 0.3) is 10.9 Å². The van der Waals surface area contributed by atoms with Gasteiger partial charge >= 0.3 is 0 Å². The van der Waals surface area contributed by atoms with E-state index < -0.39 is 37.3 Å². The van der Waals surface area contributed by atoms with Crippen molar-refractivity contribution in [2.45, 2.75) is 30.7 Å². The predicted octanol–water partition coefficient (Wildman–Crippen LogP) is 0.762. The zero-order chi connectivity index (χ0) is 16.7. The van der Waals surface area contributed by atoms with Gasteiger partial charge in [0.25, 0.3) is 0 Å². The molecule has 2 heterocycles. The van der Waals surface area contributed by atoms with Crippen LogP contribution in [0.5, 0.6) is 5.75 Å². The molecule has 1 aliphatic rings. The molecule has 0 bridgehead atoms. The van der Waals surface area contributed by atoms with Crippen molar-refractivity contribution in [3.8, 4) is 5.75 Å². The van der Waals surface area contributed by atoms with Gasteiger partial charge in [-0.05, 0) is 28.1 Å². The van der Waals surface area contributed by atoms with E-state index in [1.165, 1.54) is 0 Å². The Labute approximate surface area is 144 Å². The van der Waals surface area contributed by atoms with Gasteiger partial charge in [-0.3, -0.25) is 0 Å². The van der Waals surface area contributed by atoms with E-state index >= 15 is 0 Å². The summed E-state index contributed by atoms with van der Waals surface area (Å²) in [4.78, 5) is 3.02. The lowest BCUT2D eigenvalue weighted by Crippen LogP contribution is -2.60. The summed E-state index contributed by atoms with van der Waals surface area (Å²) in [5.74, 6) is 0.240. The molecule has 23 heavy (non-hydrogen) atoms. The Bertz CT molecular complexity index is 708. The van der Waals surface area contributed by atoms with Crippen molar-refractivity contribution in [2.24, 2.45) is 0 Å². The Balaban J connectivity index is 1.89. The van der Waals surface area contributed by atoms with E-state index in [0.717, 1.165) is 9.99 Å². The van der Waals surface area contributed by atoms with Gasteiger partial charge in [0.15, 0.2) is 0 Å². The number of aliphatic hydroxyl groups excluding tert-OH is 4.